The first-order valence-electron chi connectivity index (χ1n) is 6.25. The highest BCUT2D eigenvalue weighted by molar-refractivity contribution is 6.35. The van der Waals surface area contributed by atoms with E-state index in [1.807, 2.05) is 0 Å². The Labute approximate surface area is 121 Å². The van der Waals surface area contributed by atoms with Crippen molar-refractivity contribution in [2.45, 2.75) is 6.42 Å². The Kier molecular flexibility index (Phi) is 4.57. The Morgan fingerprint density at radius 3 is 3.00 bits per heavy atom. The number of hydrogen-bond acceptors (Lipinski definition) is 4. The molecule has 0 radical (unpaired) electrons. The van der Waals surface area contributed by atoms with Crippen LogP contribution >= 0.6 is 11.6 Å². The van der Waals surface area contributed by atoms with Crippen LogP contribution in [0.4, 0.5) is 5.69 Å². The molecule has 1 heterocycles. The van der Waals surface area contributed by atoms with E-state index >= 15 is 0 Å². The van der Waals surface area contributed by atoms with Gasteiger partial charge in [0.1, 0.15) is 5.02 Å². The molecule has 0 spiro atoms. The number of carbonyl (C=O) groups is 1. The van der Waals surface area contributed by atoms with E-state index in [-0.39, 0.29) is 22.2 Å². The van der Waals surface area contributed by atoms with Crippen LogP contribution in [0.15, 0.2) is 18.2 Å². The second kappa shape index (κ2) is 6.19. The molecule has 6 nitrogen and oxygen atoms in total. The van der Waals surface area contributed by atoms with Crippen molar-refractivity contribution in [3.05, 3.63) is 38.9 Å². The summed E-state index contributed by atoms with van der Waals surface area (Å²) < 4.78 is 5.08. The van der Waals surface area contributed by atoms with Crippen molar-refractivity contribution in [3.63, 3.8) is 0 Å². The van der Waals surface area contributed by atoms with Crippen LogP contribution in [0, 0.1) is 16.0 Å². The van der Waals surface area contributed by atoms with Gasteiger partial charge in [-0.1, -0.05) is 17.7 Å². The number of nitro groups is 1. The normalized spacial score (nSPS) is 18.3. The average molecular weight is 299 g/mol. The number of ether oxygens (including phenoxy) is 1. The molecule has 2 rings (SSSR count). The number of carbonyl (C=O) groups excluding carboxylic acids is 1. The zero-order valence-electron chi connectivity index (χ0n) is 11.0. The lowest BCUT2D eigenvalue weighted by atomic mass is 10.1. The van der Waals surface area contributed by atoms with Gasteiger partial charge in [-0.05, 0) is 12.5 Å². The van der Waals surface area contributed by atoms with Gasteiger partial charge in [-0.3, -0.25) is 14.9 Å². The molecule has 0 aromatic heterocycles. The fourth-order valence-corrected chi connectivity index (χ4v) is 2.66. The molecule has 0 bridgehead atoms. The Bertz CT molecular complexity index is 535. The molecule has 7 heteroatoms. The number of nitro benzene ring substituents is 1. The highest BCUT2D eigenvalue weighted by Gasteiger charge is 2.29. The smallest absolute Gasteiger partial charge is 0.288 e. The molecule has 0 aliphatic carbocycles. The minimum atomic E-state index is -0.586. The van der Waals surface area contributed by atoms with Crippen molar-refractivity contribution in [3.8, 4) is 0 Å². The highest BCUT2D eigenvalue weighted by Crippen LogP contribution is 2.29. The van der Waals surface area contributed by atoms with Gasteiger partial charge < -0.3 is 9.64 Å². The van der Waals surface area contributed by atoms with Crippen LogP contribution in [0.3, 0.4) is 0 Å². The predicted molar refractivity (Wildman–Crippen MR) is 74.0 cm³/mol. The molecule has 1 saturated heterocycles. The topological polar surface area (TPSA) is 72.7 Å². The van der Waals surface area contributed by atoms with Gasteiger partial charge in [0.15, 0.2) is 0 Å². The third kappa shape index (κ3) is 2.91. The number of hydrogen-bond donors (Lipinski definition) is 0. The van der Waals surface area contributed by atoms with Crippen molar-refractivity contribution in [1.82, 2.24) is 4.90 Å². The Morgan fingerprint density at radius 2 is 2.35 bits per heavy atom. The number of amides is 1. The number of rotatable bonds is 4. The summed E-state index contributed by atoms with van der Waals surface area (Å²) in [4.78, 5) is 24.3. The van der Waals surface area contributed by atoms with E-state index in [0.717, 1.165) is 6.42 Å². The summed E-state index contributed by atoms with van der Waals surface area (Å²) in [5, 5.41) is 10.7. The van der Waals surface area contributed by atoms with E-state index in [9.17, 15) is 14.9 Å². The first kappa shape index (κ1) is 14.7. The van der Waals surface area contributed by atoms with Gasteiger partial charge in [-0.25, -0.2) is 0 Å². The molecule has 1 fully saturated rings. The third-order valence-corrected chi connectivity index (χ3v) is 3.78. The zero-order chi connectivity index (χ0) is 14.7. The van der Waals surface area contributed by atoms with Crippen LogP contribution in [-0.4, -0.2) is 42.5 Å². The lowest BCUT2D eigenvalue weighted by Crippen LogP contribution is -2.29. The van der Waals surface area contributed by atoms with Gasteiger partial charge >= 0.3 is 0 Å². The van der Waals surface area contributed by atoms with E-state index < -0.39 is 4.92 Å². The van der Waals surface area contributed by atoms with Gasteiger partial charge in [0, 0.05) is 32.2 Å². The maximum absolute atomic E-state index is 12.4. The molecule has 1 aliphatic heterocycles. The molecule has 1 aliphatic rings. The molecule has 1 unspecified atom stereocenters. The summed E-state index contributed by atoms with van der Waals surface area (Å²) in [7, 11) is 1.63. The molecule has 108 valence electrons. The van der Waals surface area contributed by atoms with Crippen LogP contribution in [0.2, 0.25) is 5.02 Å². The minimum Gasteiger partial charge on any atom is -0.384 e. The standard InChI is InChI=1S/C13H15ClN2O4/c1-20-8-9-5-6-15(7-9)13(17)10-3-2-4-11(12(10)14)16(18)19/h2-4,9H,5-8H2,1H3. The Morgan fingerprint density at radius 1 is 1.60 bits per heavy atom. The fourth-order valence-electron chi connectivity index (χ4n) is 2.39. The van der Waals surface area contributed by atoms with Crippen molar-refractivity contribution in [1.29, 1.82) is 0 Å². The summed E-state index contributed by atoms with van der Waals surface area (Å²) in [6.07, 6.45) is 0.867. The maximum Gasteiger partial charge on any atom is 0.288 e. The average Bonchev–Trinajstić information content (AvgIpc) is 2.87. The lowest BCUT2D eigenvalue weighted by molar-refractivity contribution is -0.384. The maximum atomic E-state index is 12.4. The summed E-state index contributed by atoms with van der Waals surface area (Å²) in [6, 6.07) is 4.28. The van der Waals surface area contributed by atoms with Gasteiger partial charge in [0.2, 0.25) is 0 Å². The summed E-state index contributed by atoms with van der Waals surface area (Å²) in [6.45, 7) is 1.81. The molecule has 1 amide bonds. The molecule has 0 N–H and O–H groups in total. The van der Waals surface area contributed by atoms with Gasteiger partial charge in [-0.15, -0.1) is 0 Å². The van der Waals surface area contributed by atoms with E-state index in [1.165, 1.54) is 18.2 Å². The minimum absolute atomic E-state index is 0.0994. The largest absolute Gasteiger partial charge is 0.384 e. The van der Waals surface area contributed by atoms with Crippen molar-refractivity contribution in [2.75, 3.05) is 26.8 Å². The Hall–Kier alpha value is -1.66. The second-order valence-electron chi connectivity index (χ2n) is 4.76. The number of halogens is 1. The van der Waals surface area contributed by atoms with Gasteiger partial charge in [-0.2, -0.15) is 0 Å². The van der Waals surface area contributed by atoms with Crippen LogP contribution in [0.25, 0.3) is 0 Å². The molecule has 1 aromatic rings. The molecule has 20 heavy (non-hydrogen) atoms. The first-order chi connectivity index (χ1) is 9.54. The summed E-state index contributed by atoms with van der Waals surface area (Å²) in [5.74, 6) is 0.0405. The summed E-state index contributed by atoms with van der Waals surface area (Å²) >= 11 is 5.96. The fraction of sp³-hybridized carbons (Fsp3) is 0.462. The third-order valence-electron chi connectivity index (χ3n) is 3.38. The summed E-state index contributed by atoms with van der Waals surface area (Å²) in [5.41, 5.74) is -0.0657. The zero-order valence-corrected chi connectivity index (χ0v) is 11.8. The number of nitrogens with zero attached hydrogens (tertiary/aromatic N) is 2. The van der Waals surface area contributed by atoms with E-state index in [2.05, 4.69) is 0 Å². The first-order valence-corrected chi connectivity index (χ1v) is 6.63. The predicted octanol–water partition coefficient (Wildman–Crippen LogP) is 2.36. The van der Waals surface area contributed by atoms with E-state index in [0.29, 0.717) is 25.6 Å². The monoisotopic (exact) mass is 298 g/mol. The molecular weight excluding hydrogens is 284 g/mol. The van der Waals surface area contributed by atoms with Crippen molar-refractivity contribution >= 4 is 23.2 Å². The quantitative estimate of drug-likeness (QED) is 0.632. The lowest BCUT2D eigenvalue weighted by Gasteiger charge is -2.17. The van der Waals surface area contributed by atoms with Crippen LogP contribution in [0.5, 0.6) is 0 Å². The van der Waals surface area contributed by atoms with Gasteiger partial charge in [0.05, 0.1) is 17.1 Å². The van der Waals surface area contributed by atoms with Crippen LogP contribution < -0.4 is 0 Å². The van der Waals surface area contributed by atoms with Crippen LogP contribution in [-0.2, 0) is 4.74 Å². The number of likely N-dealkylation sites (tertiary alicyclic amines) is 1. The molecule has 1 aromatic carbocycles. The van der Waals surface area contributed by atoms with Gasteiger partial charge in [0.25, 0.3) is 11.6 Å². The molecule has 1 atom stereocenters. The Balaban J connectivity index is 2.18. The second-order valence-corrected chi connectivity index (χ2v) is 5.13. The van der Waals surface area contributed by atoms with Crippen LogP contribution in [0.1, 0.15) is 16.8 Å². The SMILES string of the molecule is COCC1CCN(C(=O)c2cccc([N+](=O)[O-])c2Cl)C1. The highest BCUT2D eigenvalue weighted by atomic mass is 35.5. The molecule has 0 saturated carbocycles. The number of benzene rings is 1. The number of methoxy groups -OCH3 is 1. The van der Waals surface area contributed by atoms with Crippen molar-refractivity contribution < 1.29 is 14.5 Å². The van der Waals surface area contributed by atoms with Crippen molar-refractivity contribution in [2.24, 2.45) is 5.92 Å². The van der Waals surface area contributed by atoms with E-state index in [4.69, 9.17) is 16.3 Å². The van der Waals surface area contributed by atoms with E-state index in [1.54, 1.807) is 12.0 Å². The molecular formula is C13H15ClN2O4.